The Morgan fingerprint density at radius 1 is 1.21 bits per heavy atom. The highest BCUT2D eigenvalue weighted by Gasteiger charge is 2.10. The van der Waals surface area contributed by atoms with Crippen molar-refractivity contribution in [2.75, 3.05) is 5.32 Å². The summed E-state index contributed by atoms with van der Waals surface area (Å²) in [6.07, 6.45) is 1.59. The molecule has 0 fully saturated rings. The largest absolute Gasteiger partial charge is 0.468 e. The van der Waals surface area contributed by atoms with Crippen LogP contribution in [0.2, 0.25) is 0 Å². The number of ether oxygens (including phenoxy) is 1. The molecule has 0 bridgehead atoms. The summed E-state index contributed by atoms with van der Waals surface area (Å²) >= 11 is 3.34. The SMILES string of the molecule is O=C(Nc1cccc(Br)c1)c1ccn(COc2ccccc2F)n1. The molecule has 24 heavy (non-hydrogen) atoms. The molecular weight excluding hydrogens is 377 g/mol. The molecule has 0 spiro atoms. The Kier molecular flexibility index (Phi) is 4.90. The van der Waals surface area contributed by atoms with E-state index in [0.29, 0.717) is 5.69 Å². The van der Waals surface area contributed by atoms with E-state index < -0.39 is 5.82 Å². The highest BCUT2D eigenvalue weighted by Crippen LogP contribution is 2.17. The molecule has 122 valence electrons. The highest BCUT2D eigenvalue weighted by atomic mass is 79.9. The zero-order valence-corrected chi connectivity index (χ0v) is 14.0. The smallest absolute Gasteiger partial charge is 0.276 e. The fourth-order valence-corrected chi connectivity index (χ4v) is 2.41. The highest BCUT2D eigenvalue weighted by molar-refractivity contribution is 9.10. The molecule has 0 aliphatic heterocycles. The van der Waals surface area contributed by atoms with E-state index in [1.807, 2.05) is 12.1 Å². The zero-order chi connectivity index (χ0) is 16.9. The Morgan fingerprint density at radius 3 is 2.83 bits per heavy atom. The second-order valence-corrected chi connectivity index (χ2v) is 5.82. The van der Waals surface area contributed by atoms with Gasteiger partial charge in [-0.05, 0) is 36.4 Å². The van der Waals surface area contributed by atoms with Gasteiger partial charge < -0.3 is 10.1 Å². The number of amides is 1. The first-order chi connectivity index (χ1) is 11.6. The third-order valence-corrected chi connectivity index (χ3v) is 3.64. The first-order valence-corrected chi connectivity index (χ1v) is 7.89. The van der Waals surface area contributed by atoms with Gasteiger partial charge in [-0.2, -0.15) is 5.10 Å². The quantitative estimate of drug-likeness (QED) is 0.715. The molecule has 2 aromatic carbocycles. The summed E-state index contributed by atoms with van der Waals surface area (Å²) in [5.74, 6) is -0.650. The molecule has 1 aromatic heterocycles. The number of carbonyl (C=O) groups is 1. The molecule has 7 heteroatoms. The van der Waals surface area contributed by atoms with Crippen LogP contribution in [0.15, 0.2) is 65.3 Å². The van der Waals surface area contributed by atoms with E-state index in [-0.39, 0.29) is 24.1 Å². The number of hydrogen-bond donors (Lipinski definition) is 1. The van der Waals surface area contributed by atoms with Gasteiger partial charge in [-0.15, -0.1) is 0 Å². The molecule has 3 aromatic rings. The van der Waals surface area contributed by atoms with Gasteiger partial charge in [0, 0.05) is 16.4 Å². The molecule has 0 saturated heterocycles. The lowest BCUT2D eigenvalue weighted by atomic mass is 10.3. The van der Waals surface area contributed by atoms with Crippen LogP contribution in [0.3, 0.4) is 0 Å². The summed E-state index contributed by atoms with van der Waals surface area (Å²) < 4.78 is 21.1. The minimum Gasteiger partial charge on any atom is -0.468 e. The minimum atomic E-state index is -0.447. The number of benzene rings is 2. The molecule has 3 rings (SSSR count). The predicted octanol–water partition coefficient (Wildman–Crippen LogP) is 4.07. The zero-order valence-electron chi connectivity index (χ0n) is 12.4. The first-order valence-electron chi connectivity index (χ1n) is 7.09. The van der Waals surface area contributed by atoms with Gasteiger partial charge in [0.05, 0.1) is 0 Å². The fourth-order valence-electron chi connectivity index (χ4n) is 2.01. The number of aromatic nitrogens is 2. The van der Waals surface area contributed by atoms with Gasteiger partial charge in [-0.1, -0.05) is 34.1 Å². The molecule has 1 amide bonds. The number of para-hydroxylation sites is 1. The van der Waals surface area contributed by atoms with Crippen molar-refractivity contribution in [1.82, 2.24) is 9.78 Å². The van der Waals surface area contributed by atoms with Crippen LogP contribution >= 0.6 is 15.9 Å². The van der Waals surface area contributed by atoms with Crippen molar-refractivity contribution in [1.29, 1.82) is 0 Å². The maximum atomic E-state index is 13.5. The van der Waals surface area contributed by atoms with E-state index in [1.54, 1.807) is 36.5 Å². The Hall–Kier alpha value is -2.67. The van der Waals surface area contributed by atoms with Crippen LogP contribution in [0.25, 0.3) is 0 Å². The van der Waals surface area contributed by atoms with Gasteiger partial charge in [0.1, 0.15) is 0 Å². The second-order valence-electron chi connectivity index (χ2n) is 4.91. The average Bonchev–Trinajstić information content (AvgIpc) is 3.03. The molecule has 0 aliphatic rings. The maximum absolute atomic E-state index is 13.5. The van der Waals surface area contributed by atoms with E-state index in [2.05, 4.69) is 26.3 Å². The third-order valence-electron chi connectivity index (χ3n) is 3.14. The molecule has 1 N–H and O–H groups in total. The van der Waals surface area contributed by atoms with Crippen molar-refractivity contribution in [3.8, 4) is 5.75 Å². The molecular formula is C17H13BrFN3O2. The number of halogens is 2. The molecule has 0 saturated carbocycles. The maximum Gasteiger partial charge on any atom is 0.276 e. The Balaban J connectivity index is 1.62. The van der Waals surface area contributed by atoms with Crippen molar-refractivity contribution < 1.29 is 13.9 Å². The van der Waals surface area contributed by atoms with E-state index in [9.17, 15) is 9.18 Å². The van der Waals surface area contributed by atoms with Gasteiger partial charge in [0.25, 0.3) is 5.91 Å². The lowest BCUT2D eigenvalue weighted by molar-refractivity contribution is 0.102. The fraction of sp³-hybridized carbons (Fsp3) is 0.0588. The normalized spacial score (nSPS) is 10.4. The molecule has 0 radical (unpaired) electrons. The molecule has 0 unspecified atom stereocenters. The van der Waals surface area contributed by atoms with E-state index in [4.69, 9.17) is 4.74 Å². The lowest BCUT2D eigenvalue weighted by Gasteiger charge is -2.07. The summed E-state index contributed by atoms with van der Waals surface area (Å²) in [5, 5.41) is 6.87. The number of carbonyl (C=O) groups excluding carboxylic acids is 1. The summed E-state index contributed by atoms with van der Waals surface area (Å²) in [6.45, 7) is 0.00506. The van der Waals surface area contributed by atoms with Gasteiger partial charge in [-0.25, -0.2) is 9.07 Å². The summed E-state index contributed by atoms with van der Waals surface area (Å²) in [7, 11) is 0. The van der Waals surface area contributed by atoms with Crippen LogP contribution in [0, 0.1) is 5.82 Å². The number of nitrogens with zero attached hydrogens (tertiary/aromatic N) is 2. The van der Waals surface area contributed by atoms with Crippen molar-refractivity contribution in [2.45, 2.75) is 6.73 Å². The number of rotatable bonds is 5. The Morgan fingerprint density at radius 2 is 2.04 bits per heavy atom. The van der Waals surface area contributed by atoms with Crippen molar-refractivity contribution in [2.24, 2.45) is 0 Å². The molecule has 5 nitrogen and oxygen atoms in total. The molecule has 0 atom stereocenters. The van der Waals surface area contributed by atoms with E-state index >= 15 is 0 Å². The van der Waals surface area contributed by atoms with Crippen LogP contribution < -0.4 is 10.1 Å². The summed E-state index contributed by atoms with van der Waals surface area (Å²) in [5.41, 5.74) is 0.902. The van der Waals surface area contributed by atoms with Crippen molar-refractivity contribution in [3.63, 3.8) is 0 Å². The second kappa shape index (κ2) is 7.27. The predicted molar refractivity (Wildman–Crippen MR) is 91.4 cm³/mol. The standard InChI is InChI=1S/C17H13BrFN3O2/c18-12-4-3-5-13(10-12)20-17(23)15-8-9-22(21-15)11-24-16-7-2-1-6-14(16)19/h1-10H,11H2,(H,20,23). The number of nitrogens with one attached hydrogen (secondary N) is 1. The molecule has 1 heterocycles. The molecule has 0 aliphatic carbocycles. The third kappa shape index (κ3) is 3.99. The van der Waals surface area contributed by atoms with Crippen LogP contribution in [-0.4, -0.2) is 15.7 Å². The lowest BCUT2D eigenvalue weighted by Crippen LogP contribution is -2.14. The van der Waals surface area contributed by atoms with Gasteiger partial charge in [0.2, 0.25) is 0 Å². The van der Waals surface area contributed by atoms with E-state index in [0.717, 1.165) is 4.47 Å². The first kappa shape index (κ1) is 16.2. The van der Waals surface area contributed by atoms with Crippen LogP contribution in [0.1, 0.15) is 10.5 Å². The van der Waals surface area contributed by atoms with Crippen molar-refractivity contribution >= 4 is 27.5 Å². The van der Waals surface area contributed by atoms with Gasteiger partial charge in [-0.3, -0.25) is 4.79 Å². The van der Waals surface area contributed by atoms with Crippen LogP contribution in [0.4, 0.5) is 10.1 Å². The topological polar surface area (TPSA) is 56.2 Å². The van der Waals surface area contributed by atoms with Crippen LogP contribution in [0.5, 0.6) is 5.75 Å². The van der Waals surface area contributed by atoms with E-state index in [1.165, 1.54) is 16.8 Å². The van der Waals surface area contributed by atoms with Crippen molar-refractivity contribution in [3.05, 3.63) is 76.8 Å². The van der Waals surface area contributed by atoms with Gasteiger partial charge >= 0.3 is 0 Å². The summed E-state index contributed by atoms with van der Waals surface area (Å²) in [4.78, 5) is 12.2. The van der Waals surface area contributed by atoms with Crippen LogP contribution in [-0.2, 0) is 6.73 Å². The number of anilines is 1. The number of hydrogen-bond acceptors (Lipinski definition) is 3. The summed E-state index contributed by atoms with van der Waals surface area (Å²) in [6, 6.07) is 14.9. The van der Waals surface area contributed by atoms with Gasteiger partial charge in [0.15, 0.2) is 24.0 Å². The monoisotopic (exact) mass is 389 g/mol. The average molecular weight is 390 g/mol. The Bertz CT molecular complexity index is 866. The Labute approximate surface area is 146 Å². The minimum absolute atomic E-state index is 0.00506.